The van der Waals surface area contributed by atoms with Crippen LogP contribution in [0, 0.1) is 0 Å². The predicted molar refractivity (Wildman–Crippen MR) is 102 cm³/mol. The Morgan fingerprint density at radius 2 is 1.81 bits per heavy atom. The van der Waals surface area contributed by atoms with Crippen LogP contribution in [0.15, 0.2) is 29.2 Å². The lowest BCUT2D eigenvalue weighted by atomic mass is 9.95. The van der Waals surface area contributed by atoms with Gasteiger partial charge in [0.25, 0.3) is 5.91 Å². The van der Waals surface area contributed by atoms with Crippen LogP contribution in [0.3, 0.4) is 0 Å². The molecule has 9 heteroatoms. The van der Waals surface area contributed by atoms with Gasteiger partial charge in [0.15, 0.2) is 6.10 Å². The monoisotopic (exact) mass is 416 g/mol. The van der Waals surface area contributed by atoms with Crippen LogP contribution in [0.5, 0.6) is 0 Å². The first-order valence-corrected chi connectivity index (χ1v) is 10.9. The zero-order valence-electron chi connectivity index (χ0n) is 15.2. The number of benzene rings is 1. The van der Waals surface area contributed by atoms with Crippen LogP contribution in [-0.4, -0.2) is 39.0 Å². The molecule has 1 aromatic rings. The van der Waals surface area contributed by atoms with Gasteiger partial charge in [0.1, 0.15) is 0 Å². The molecule has 0 spiro atoms. The molecular formula is C18H25ClN2O5S. The number of amides is 1. The van der Waals surface area contributed by atoms with Gasteiger partial charge in [-0.05, 0) is 44.0 Å². The van der Waals surface area contributed by atoms with Crippen LogP contribution >= 0.6 is 11.6 Å². The minimum Gasteiger partial charge on any atom is -0.453 e. The molecule has 150 valence electrons. The summed E-state index contributed by atoms with van der Waals surface area (Å²) in [6, 6.07) is 5.83. The molecule has 27 heavy (non-hydrogen) atoms. The molecule has 0 heterocycles. The molecule has 7 nitrogen and oxygen atoms in total. The van der Waals surface area contributed by atoms with Crippen molar-refractivity contribution in [1.82, 2.24) is 10.0 Å². The molecule has 1 fully saturated rings. The largest absolute Gasteiger partial charge is 0.453 e. The second-order valence-electron chi connectivity index (χ2n) is 6.58. The van der Waals surface area contributed by atoms with Crippen LogP contribution in [0.1, 0.15) is 45.4 Å². The maximum absolute atomic E-state index is 12.1. The number of nitrogens with one attached hydrogen (secondary N) is 2. The van der Waals surface area contributed by atoms with E-state index in [1.165, 1.54) is 37.6 Å². The molecule has 1 aliphatic carbocycles. The van der Waals surface area contributed by atoms with Crippen LogP contribution < -0.4 is 10.0 Å². The molecular weight excluding hydrogens is 392 g/mol. The number of halogens is 1. The van der Waals surface area contributed by atoms with Gasteiger partial charge in [-0.2, -0.15) is 0 Å². The average Bonchev–Trinajstić information content (AvgIpc) is 2.62. The number of ether oxygens (including phenoxy) is 1. The number of hydrogen-bond acceptors (Lipinski definition) is 5. The Labute approximate surface area is 164 Å². The van der Waals surface area contributed by atoms with Crippen molar-refractivity contribution in [2.45, 2.75) is 62.5 Å². The van der Waals surface area contributed by atoms with Crippen molar-refractivity contribution < 1.29 is 22.7 Å². The maximum Gasteiger partial charge on any atom is 0.307 e. The van der Waals surface area contributed by atoms with Crippen molar-refractivity contribution in [3.05, 3.63) is 29.3 Å². The van der Waals surface area contributed by atoms with E-state index in [2.05, 4.69) is 10.0 Å². The molecule has 1 aliphatic rings. The summed E-state index contributed by atoms with van der Waals surface area (Å²) < 4.78 is 31.6. The molecule has 0 bridgehead atoms. The fourth-order valence-electron chi connectivity index (χ4n) is 2.86. The normalized spacial score (nSPS) is 16.5. The predicted octanol–water partition coefficient (Wildman–Crippen LogP) is 2.39. The molecule has 0 aliphatic heterocycles. The number of hydrogen-bond donors (Lipinski definition) is 2. The number of carbonyl (C=O) groups is 2. The summed E-state index contributed by atoms with van der Waals surface area (Å²) in [5.74, 6) is -0.961. The van der Waals surface area contributed by atoms with E-state index in [4.69, 9.17) is 16.3 Å². The first kappa shape index (κ1) is 21.7. The van der Waals surface area contributed by atoms with E-state index in [0.29, 0.717) is 5.02 Å². The van der Waals surface area contributed by atoms with Gasteiger partial charge in [0.05, 0.1) is 11.3 Å². The van der Waals surface area contributed by atoms with Gasteiger partial charge in [0.2, 0.25) is 10.0 Å². The average molecular weight is 417 g/mol. The topological polar surface area (TPSA) is 102 Å². The second kappa shape index (κ2) is 10.1. The third-order valence-corrected chi connectivity index (χ3v) is 6.10. The van der Waals surface area contributed by atoms with Gasteiger partial charge in [-0.1, -0.05) is 30.9 Å². The molecule has 0 unspecified atom stereocenters. The van der Waals surface area contributed by atoms with E-state index in [0.717, 1.165) is 25.7 Å². The summed E-state index contributed by atoms with van der Waals surface area (Å²) in [6.07, 6.45) is 4.17. The highest BCUT2D eigenvalue weighted by Gasteiger charge is 2.22. The Balaban J connectivity index is 1.73. The van der Waals surface area contributed by atoms with Crippen molar-refractivity contribution in [2.24, 2.45) is 0 Å². The van der Waals surface area contributed by atoms with E-state index in [-0.39, 0.29) is 29.8 Å². The van der Waals surface area contributed by atoms with Gasteiger partial charge in [-0.3, -0.25) is 9.59 Å². The molecule has 1 amide bonds. The number of rotatable bonds is 8. The van der Waals surface area contributed by atoms with Gasteiger partial charge in [-0.15, -0.1) is 0 Å². The number of carbonyl (C=O) groups excluding carboxylic acids is 2. The van der Waals surface area contributed by atoms with E-state index < -0.39 is 22.1 Å². The van der Waals surface area contributed by atoms with Crippen molar-refractivity contribution in [2.75, 3.05) is 6.54 Å². The summed E-state index contributed by atoms with van der Waals surface area (Å²) in [4.78, 5) is 24.0. The van der Waals surface area contributed by atoms with Gasteiger partial charge in [-0.25, -0.2) is 13.1 Å². The molecule has 1 aromatic carbocycles. The Hall–Kier alpha value is -1.64. The summed E-state index contributed by atoms with van der Waals surface area (Å²) in [6.45, 7) is 1.38. The second-order valence-corrected chi connectivity index (χ2v) is 8.78. The zero-order valence-corrected chi connectivity index (χ0v) is 16.8. The lowest BCUT2D eigenvalue weighted by molar-refractivity contribution is -0.155. The van der Waals surface area contributed by atoms with Crippen molar-refractivity contribution in [3.8, 4) is 0 Å². The fraction of sp³-hybridized carbons (Fsp3) is 0.556. The van der Waals surface area contributed by atoms with Crippen LogP contribution in [0.4, 0.5) is 0 Å². The van der Waals surface area contributed by atoms with Crippen molar-refractivity contribution in [3.63, 3.8) is 0 Å². The Bertz CT molecular complexity index is 746. The summed E-state index contributed by atoms with van der Waals surface area (Å²) >= 11 is 5.73. The minimum absolute atomic E-state index is 0.0560. The van der Waals surface area contributed by atoms with E-state index >= 15 is 0 Å². The smallest absolute Gasteiger partial charge is 0.307 e. The molecule has 0 saturated heterocycles. The number of sulfonamides is 1. The van der Waals surface area contributed by atoms with Crippen LogP contribution in [-0.2, 0) is 24.3 Å². The molecule has 1 atom stereocenters. The highest BCUT2D eigenvalue weighted by atomic mass is 35.5. The molecule has 0 radical (unpaired) electrons. The van der Waals surface area contributed by atoms with Crippen LogP contribution in [0.2, 0.25) is 5.02 Å². The number of esters is 1. The third-order valence-electron chi connectivity index (χ3n) is 4.37. The Morgan fingerprint density at radius 3 is 2.44 bits per heavy atom. The Kier molecular flexibility index (Phi) is 8.07. The first-order chi connectivity index (χ1) is 12.8. The Morgan fingerprint density at radius 1 is 1.19 bits per heavy atom. The van der Waals surface area contributed by atoms with E-state index in [1.54, 1.807) is 0 Å². The van der Waals surface area contributed by atoms with Gasteiger partial charge >= 0.3 is 5.97 Å². The van der Waals surface area contributed by atoms with Gasteiger partial charge in [0, 0.05) is 17.6 Å². The standard InChI is InChI=1S/C18H25ClN2O5S/c1-13(18(23)21-15-5-3-2-4-6-15)26-17(22)11-12-20-27(24,25)16-9-7-14(19)8-10-16/h7-10,13,15,20H,2-6,11-12H2,1H3,(H,21,23)/t13-/m1/s1. The van der Waals surface area contributed by atoms with E-state index in [9.17, 15) is 18.0 Å². The quantitative estimate of drug-likeness (QED) is 0.633. The summed E-state index contributed by atoms with van der Waals surface area (Å²) in [7, 11) is -3.73. The summed E-state index contributed by atoms with van der Waals surface area (Å²) in [5, 5.41) is 3.32. The lowest BCUT2D eigenvalue weighted by Crippen LogP contribution is -2.43. The highest BCUT2D eigenvalue weighted by Crippen LogP contribution is 2.17. The minimum atomic E-state index is -3.73. The highest BCUT2D eigenvalue weighted by molar-refractivity contribution is 7.89. The molecule has 2 rings (SSSR count). The third kappa shape index (κ3) is 7.12. The SMILES string of the molecule is C[C@@H](OC(=O)CCNS(=O)(=O)c1ccc(Cl)cc1)C(=O)NC1CCCCC1. The van der Waals surface area contributed by atoms with Gasteiger partial charge < -0.3 is 10.1 Å². The zero-order chi connectivity index (χ0) is 19.9. The van der Waals surface area contributed by atoms with E-state index in [1.807, 2.05) is 0 Å². The van der Waals surface area contributed by atoms with Crippen molar-refractivity contribution >= 4 is 33.5 Å². The van der Waals surface area contributed by atoms with Crippen LogP contribution in [0.25, 0.3) is 0 Å². The first-order valence-electron chi connectivity index (χ1n) is 9.03. The fourth-order valence-corrected chi connectivity index (χ4v) is 4.02. The maximum atomic E-state index is 12.1. The van der Waals surface area contributed by atoms with Crippen molar-refractivity contribution in [1.29, 1.82) is 0 Å². The molecule has 2 N–H and O–H groups in total. The molecule has 0 aromatic heterocycles. The lowest BCUT2D eigenvalue weighted by Gasteiger charge is -2.24. The molecule has 1 saturated carbocycles. The summed E-state index contributed by atoms with van der Waals surface area (Å²) in [5.41, 5.74) is 0.